The van der Waals surface area contributed by atoms with E-state index in [1.165, 1.54) is 24.2 Å². The Bertz CT molecular complexity index is 607. The summed E-state index contributed by atoms with van der Waals surface area (Å²) >= 11 is 0. The van der Waals surface area contributed by atoms with Crippen molar-refractivity contribution in [2.45, 2.75) is 38.3 Å². The summed E-state index contributed by atoms with van der Waals surface area (Å²) in [5, 5.41) is 0. The first-order chi connectivity index (χ1) is 12.0. The Morgan fingerprint density at radius 3 is 2.68 bits per heavy atom. The van der Waals surface area contributed by atoms with Gasteiger partial charge in [-0.05, 0) is 38.1 Å². The maximum Gasteiger partial charge on any atom is 0.409 e. The number of hydrogen-bond donors (Lipinski definition) is 0. The molecule has 7 heteroatoms. The summed E-state index contributed by atoms with van der Waals surface area (Å²) in [6.07, 6.45) is 3.79. The number of ether oxygens (including phenoxy) is 1. The predicted molar refractivity (Wildman–Crippen MR) is 92.3 cm³/mol. The highest BCUT2D eigenvalue weighted by atomic mass is 16.6. The molecule has 2 saturated heterocycles. The van der Waals surface area contributed by atoms with Crippen LogP contribution in [0, 0.1) is 0 Å². The molecule has 1 unspecified atom stereocenters. The van der Waals surface area contributed by atoms with Crippen molar-refractivity contribution in [1.29, 1.82) is 0 Å². The number of furan rings is 1. The summed E-state index contributed by atoms with van der Waals surface area (Å²) in [6, 6.07) is 3.64. The molecule has 0 spiro atoms. The van der Waals surface area contributed by atoms with Gasteiger partial charge in [0.25, 0.3) is 5.91 Å². The number of piperidine rings is 1. The van der Waals surface area contributed by atoms with E-state index in [4.69, 9.17) is 9.15 Å². The van der Waals surface area contributed by atoms with Crippen LogP contribution >= 0.6 is 0 Å². The number of carbonyl (C=O) groups excluding carboxylic acids is 2. The molecule has 1 aromatic rings. The smallest absolute Gasteiger partial charge is 0.409 e. The zero-order valence-electron chi connectivity index (χ0n) is 15.1. The maximum atomic E-state index is 12.6. The number of hydrogen-bond acceptors (Lipinski definition) is 5. The Labute approximate surface area is 148 Å². The van der Waals surface area contributed by atoms with Crippen molar-refractivity contribution in [3.63, 3.8) is 0 Å². The average Bonchev–Trinajstić information content (AvgIpc) is 3.25. The van der Waals surface area contributed by atoms with E-state index in [0.29, 0.717) is 25.3 Å². The molecule has 0 saturated carbocycles. The fourth-order valence-corrected chi connectivity index (χ4v) is 3.33. The summed E-state index contributed by atoms with van der Waals surface area (Å²) in [4.78, 5) is 29.6. The molecule has 0 radical (unpaired) electrons. The SMILES string of the molecule is CN(C)C(=O)OC1CCN(C(=O)c2ccc(CN3CCCCC3)o2)C1. The fourth-order valence-electron chi connectivity index (χ4n) is 3.33. The van der Waals surface area contributed by atoms with E-state index >= 15 is 0 Å². The van der Waals surface area contributed by atoms with Gasteiger partial charge in [-0.15, -0.1) is 0 Å². The van der Waals surface area contributed by atoms with E-state index in [0.717, 1.165) is 25.4 Å². The lowest BCUT2D eigenvalue weighted by Crippen LogP contribution is -2.32. The monoisotopic (exact) mass is 349 g/mol. The minimum Gasteiger partial charge on any atom is -0.455 e. The first kappa shape index (κ1) is 17.8. The van der Waals surface area contributed by atoms with Crippen molar-refractivity contribution in [2.24, 2.45) is 0 Å². The Balaban J connectivity index is 1.52. The number of rotatable bonds is 4. The second kappa shape index (κ2) is 7.91. The van der Waals surface area contributed by atoms with Gasteiger partial charge >= 0.3 is 6.09 Å². The van der Waals surface area contributed by atoms with E-state index in [2.05, 4.69) is 4.90 Å². The molecule has 3 rings (SSSR count). The molecule has 2 aliphatic rings. The number of amides is 2. The molecule has 2 fully saturated rings. The minimum atomic E-state index is -0.374. The molecule has 3 heterocycles. The van der Waals surface area contributed by atoms with Crippen LogP contribution in [-0.4, -0.2) is 73.1 Å². The van der Waals surface area contributed by atoms with Crippen LogP contribution in [0.1, 0.15) is 42.0 Å². The molecule has 0 N–H and O–H groups in total. The van der Waals surface area contributed by atoms with E-state index in [1.54, 1.807) is 25.1 Å². The molecular weight excluding hydrogens is 322 g/mol. The average molecular weight is 349 g/mol. The highest BCUT2D eigenvalue weighted by Crippen LogP contribution is 2.20. The number of nitrogens with zero attached hydrogens (tertiary/aromatic N) is 3. The molecule has 0 aromatic carbocycles. The van der Waals surface area contributed by atoms with Crippen molar-refractivity contribution in [3.05, 3.63) is 23.7 Å². The lowest BCUT2D eigenvalue weighted by atomic mass is 10.1. The van der Waals surface area contributed by atoms with E-state index in [1.807, 2.05) is 6.07 Å². The summed E-state index contributed by atoms with van der Waals surface area (Å²) in [5.41, 5.74) is 0. The van der Waals surface area contributed by atoms with Crippen LogP contribution < -0.4 is 0 Å². The Kier molecular flexibility index (Phi) is 5.63. The largest absolute Gasteiger partial charge is 0.455 e. The first-order valence-electron chi connectivity index (χ1n) is 9.01. The first-order valence-corrected chi connectivity index (χ1v) is 9.01. The summed E-state index contributed by atoms with van der Waals surface area (Å²) < 4.78 is 11.1. The topological polar surface area (TPSA) is 66.2 Å². The molecule has 2 amide bonds. The van der Waals surface area contributed by atoms with Gasteiger partial charge in [0.1, 0.15) is 11.9 Å². The van der Waals surface area contributed by atoms with Gasteiger partial charge in [-0.1, -0.05) is 6.42 Å². The van der Waals surface area contributed by atoms with Crippen LogP contribution in [-0.2, 0) is 11.3 Å². The fraction of sp³-hybridized carbons (Fsp3) is 0.667. The van der Waals surface area contributed by atoms with Gasteiger partial charge in [-0.3, -0.25) is 9.69 Å². The molecule has 0 bridgehead atoms. The van der Waals surface area contributed by atoms with Crippen LogP contribution in [0.2, 0.25) is 0 Å². The van der Waals surface area contributed by atoms with Crippen molar-refractivity contribution < 1.29 is 18.7 Å². The molecule has 0 aliphatic carbocycles. The lowest BCUT2D eigenvalue weighted by Gasteiger charge is -2.25. The molecule has 7 nitrogen and oxygen atoms in total. The molecule has 1 aromatic heterocycles. The lowest BCUT2D eigenvalue weighted by molar-refractivity contribution is 0.0644. The molecule has 25 heavy (non-hydrogen) atoms. The molecular formula is C18H27N3O4. The molecule has 2 aliphatic heterocycles. The van der Waals surface area contributed by atoms with Crippen molar-refractivity contribution in [3.8, 4) is 0 Å². The second-order valence-electron chi connectivity index (χ2n) is 7.04. The normalized spacial score (nSPS) is 21.4. The Morgan fingerprint density at radius 2 is 1.96 bits per heavy atom. The second-order valence-corrected chi connectivity index (χ2v) is 7.04. The third kappa shape index (κ3) is 4.54. The van der Waals surface area contributed by atoms with Crippen LogP contribution in [0.25, 0.3) is 0 Å². The van der Waals surface area contributed by atoms with E-state index < -0.39 is 0 Å². The summed E-state index contributed by atoms with van der Waals surface area (Å²) in [6.45, 7) is 3.94. The highest BCUT2D eigenvalue weighted by molar-refractivity contribution is 5.91. The van der Waals surface area contributed by atoms with Gasteiger partial charge in [0, 0.05) is 27.1 Å². The third-order valence-corrected chi connectivity index (χ3v) is 4.77. The van der Waals surface area contributed by atoms with Gasteiger partial charge < -0.3 is 19.0 Å². The zero-order chi connectivity index (χ0) is 17.8. The van der Waals surface area contributed by atoms with Gasteiger partial charge in [0.2, 0.25) is 0 Å². The van der Waals surface area contributed by atoms with Gasteiger partial charge in [0.05, 0.1) is 13.1 Å². The minimum absolute atomic E-state index is 0.131. The predicted octanol–water partition coefficient (Wildman–Crippen LogP) is 2.18. The van der Waals surface area contributed by atoms with Gasteiger partial charge in [-0.2, -0.15) is 0 Å². The van der Waals surface area contributed by atoms with E-state index in [9.17, 15) is 9.59 Å². The van der Waals surface area contributed by atoms with E-state index in [-0.39, 0.29) is 18.1 Å². The summed E-state index contributed by atoms with van der Waals surface area (Å²) in [5.74, 6) is 1.07. The zero-order valence-corrected chi connectivity index (χ0v) is 15.1. The highest BCUT2D eigenvalue weighted by Gasteiger charge is 2.31. The third-order valence-electron chi connectivity index (χ3n) is 4.77. The van der Waals surface area contributed by atoms with Gasteiger partial charge in [-0.25, -0.2) is 4.79 Å². The summed E-state index contributed by atoms with van der Waals surface area (Å²) in [7, 11) is 3.29. The Morgan fingerprint density at radius 1 is 1.20 bits per heavy atom. The Hall–Kier alpha value is -2.02. The van der Waals surface area contributed by atoms with Crippen molar-refractivity contribution in [2.75, 3.05) is 40.3 Å². The van der Waals surface area contributed by atoms with Crippen LogP contribution in [0.5, 0.6) is 0 Å². The maximum absolute atomic E-state index is 12.6. The van der Waals surface area contributed by atoms with Gasteiger partial charge in [0.15, 0.2) is 5.76 Å². The van der Waals surface area contributed by atoms with Crippen LogP contribution in [0.3, 0.4) is 0 Å². The number of likely N-dealkylation sites (tertiary alicyclic amines) is 2. The molecule has 138 valence electrons. The van der Waals surface area contributed by atoms with Crippen molar-refractivity contribution >= 4 is 12.0 Å². The standard InChI is InChI=1S/C18H27N3O4/c1-19(2)18(23)25-15-8-11-21(13-15)17(22)16-7-6-14(24-16)12-20-9-4-3-5-10-20/h6-7,15H,3-5,8-13H2,1-2H3. The van der Waals surface area contributed by atoms with Crippen LogP contribution in [0.4, 0.5) is 4.79 Å². The van der Waals surface area contributed by atoms with Crippen LogP contribution in [0.15, 0.2) is 16.5 Å². The van der Waals surface area contributed by atoms with Crippen molar-refractivity contribution in [1.82, 2.24) is 14.7 Å². The molecule has 1 atom stereocenters. The number of carbonyl (C=O) groups is 2. The quantitative estimate of drug-likeness (QED) is 0.833.